The summed E-state index contributed by atoms with van der Waals surface area (Å²) in [4.78, 5) is 10.8. The van der Waals surface area contributed by atoms with Crippen molar-refractivity contribution >= 4 is 5.91 Å². The van der Waals surface area contributed by atoms with Gasteiger partial charge in [0.15, 0.2) is 0 Å². The smallest absolute Gasteiger partial charge is 0.264 e. The van der Waals surface area contributed by atoms with Crippen LogP contribution in [0, 0.1) is 12.3 Å². The fourth-order valence-electron chi connectivity index (χ4n) is 1.23. The number of terminal acetylenes is 1. The van der Waals surface area contributed by atoms with Gasteiger partial charge < -0.3 is 5.73 Å². The van der Waals surface area contributed by atoms with Gasteiger partial charge in [0.2, 0.25) is 5.91 Å². The van der Waals surface area contributed by atoms with E-state index in [1.807, 2.05) is 0 Å². The van der Waals surface area contributed by atoms with E-state index in [4.69, 9.17) is 12.2 Å². The summed E-state index contributed by atoms with van der Waals surface area (Å²) in [5.41, 5.74) is 5.32. The highest BCUT2D eigenvalue weighted by atomic mass is 19.3. The average molecular weight is 209 g/mol. The second-order valence-electron chi connectivity index (χ2n) is 2.96. The van der Waals surface area contributed by atoms with E-state index >= 15 is 0 Å². The largest absolute Gasteiger partial charge is 0.366 e. The minimum absolute atomic E-state index is 0.0563. The molecule has 1 amide bonds. The van der Waals surface area contributed by atoms with Crippen molar-refractivity contribution in [2.75, 3.05) is 0 Å². The standard InChI is InChI=1S/C11H9F2NO/c1-2-3-7-6-8(11(14)15)4-5-9(7)10(12)13/h1,4-6,10H,3H2,(H2,14,15). The lowest BCUT2D eigenvalue weighted by Crippen LogP contribution is -2.11. The predicted octanol–water partition coefficient (Wildman–Crippen LogP) is 1.90. The molecule has 0 saturated carbocycles. The van der Waals surface area contributed by atoms with Crippen molar-refractivity contribution < 1.29 is 13.6 Å². The molecule has 0 aromatic heterocycles. The van der Waals surface area contributed by atoms with Crippen molar-refractivity contribution in [2.45, 2.75) is 12.8 Å². The lowest BCUT2D eigenvalue weighted by Gasteiger charge is -2.07. The second kappa shape index (κ2) is 4.56. The number of amides is 1. The van der Waals surface area contributed by atoms with Gasteiger partial charge in [-0.1, -0.05) is 6.07 Å². The van der Waals surface area contributed by atoms with Crippen LogP contribution in [0.4, 0.5) is 8.78 Å². The zero-order chi connectivity index (χ0) is 11.4. The Morgan fingerprint density at radius 1 is 1.53 bits per heavy atom. The van der Waals surface area contributed by atoms with Crippen molar-refractivity contribution in [3.05, 3.63) is 34.9 Å². The van der Waals surface area contributed by atoms with Gasteiger partial charge in [-0.3, -0.25) is 4.79 Å². The Kier molecular flexibility index (Phi) is 3.40. The summed E-state index contributed by atoms with van der Waals surface area (Å²) in [5, 5.41) is 0. The predicted molar refractivity (Wildman–Crippen MR) is 52.5 cm³/mol. The SMILES string of the molecule is C#CCc1cc(C(N)=O)ccc1C(F)F. The Hall–Kier alpha value is -1.89. The van der Waals surface area contributed by atoms with E-state index in [-0.39, 0.29) is 23.1 Å². The van der Waals surface area contributed by atoms with E-state index in [1.165, 1.54) is 18.2 Å². The summed E-state index contributed by atoms with van der Waals surface area (Å²) in [6, 6.07) is 3.75. The number of hydrogen-bond acceptors (Lipinski definition) is 1. The molecule has 78 valence electrons. The molecule has 1 aromatic rings. The molecule has 1 aromatic carbocycles. The third-order valence-corrected chi connectivity index (χ3v) is 1.96. The van der Waals surface area contributed by atoms with Crippen LogP contribution < -0.4 is 5.73 Å². The highest BCUT2D eigenvalue weighted by Crippen LogP contribution is 2.24. The first kappa shape index (κ1) is 11.2. The van der Waals surface area contributed by atoms with Gasteiger partial charge in [0.1, 0.15) is 0 Å². The maximum Gasteiger partial charge on any atom is 0.264 e. The molecule has 0 unspecified atom stereocenters. The molecule has 0 aliphatic heterocycles. The van der Waals surface area contributed by atoms with Crippen LogP contribution in [0.1, 0.15) is 27.9 Å². The first-order valence-electron chi connectivity index (χ1n) is 4.20. The van der Waals surface area contributed by atoms with Crippen molar-refractivity contribution in [3.63, 3.8) is 0 Å². The van der Waals surface area contributed by atoms with E-state index in [9.17, 15) is 13.6 Å². The topological polar surface area (TPSA) is 43.1 Å². The fourth-order valence-corrected chi connectivity index (χ4v) is 1.23. The molecule has 4 heteroatoms. The normalized spacial score (nSPS) is 10.0. The Labute approximate surface area is 86.1 Å². The first-order chi connectivity index (χ1) is 7.06. The summed E-state index contributed by atoms with van der Waals surface area (Å²) >= 11 is 0. The Morgan fingerprint density at radius 2 is 2.20 bits per heavy atom. The maximum atomic E-state index is 12.5. The Balaban J connectivity index is 3.21. The van der Waals surface area contributed by atoms with E-state index < -0.39 is 12.3 Å². The molecule has 15 heavy (non-hydrogen) atoms. The third kappa shape index (κ3) is 2.53. The zero-order valence-corrected chi connectivity index (χ0v) is 7.84. The van der Waals surface area contributed by atoms with Crippen LogP contribution >= 0.6 is 0 Å². The molecule has 0 spiro atoms. The average Bonchev–Trinajstić information content (AvgIpc) is 2.17. The number of carbonyl (C=O) groups is 1. The van der Waals surface area contributed by atoms with Gasteiger partial charge in [0.25, 0.3) is 6.43 Å². The number of halogens is 2. The molecular formula is C11H9F2NO. The lowest BCUT2D eigenvalue weighted by molar-refractivity contribution is 0.0999. The molecule has 0 aliphatic carbocycles. The number of rotatable bonds is 3. The molecule has 0 atom stereocenters. The monoisotopic (exact) mass is 209 g/mol. The van der Waals surface area contributed by atoms with Crippen molar-refractivity contribution in [3.8, 4) is 12.3 Å². The quantitative estimate of drug-likeness (QED) is 0.759. The van der Waals surface area contributed by atoms with Crippen LogP contribution in [0.5, 0.6) is 0 Å². The number of carbonyl (C=O) groups excluding carboxylic acids is 1. The minimum Gasteiger partial charge on any atom is -0.366 e. The molecule has 0 heterocycles. The van der Waals surface area contributed by atoms with Crippen LogP contribution in [0.25, 0.3) is 0 Å². The molecule has 2 N–H and O–H groups in total. The molecule has 0 bridgehead atoms. The van der Waals surface area contributed by atoms with Crippen LogP contribution in [-0.4, -0.2) is 5.91 Å². The third-order valence-electron chi connectivity index (χ3n) is 1.96. The van der Waals surface area contributed by atoms with Gasteiger partial charge in [-0.25, -0.2) is 8.78 Å². The number of alkyl halides is 2. The van der Waals surface area contributed by atoms with Crippen molar-refractivity contribution in [1.82, 2.24) is 0 Å². The zero-order valence-electron chi connectivity index (χ0n) is 7.84. The number of benzene rings is 1. The van der Waals surface area contributed by atoms with Crippen molar-refractivity contribution in [2.24, 2.45) is 5.73 Å². The van der Waals surface area contributed by atoms with Crippen LogP contribution in [-0.2, 0) is 6.42 Å². The van der Waals surface area contributed by atoms with E-state index in [0.29, 0.717) is 0 Å². The second-order valence-corrected chi connectivity index (χ2v) is 2.96. The highest BCUT2D eigenvalue weighted by molar-refractivity contribution is 5.93. The van der Waals surface area contributed by atoms with Gasteiger partial charge in [-0.05, 0) is 17.7 Å². The Bertz CT molecular complexity index is 421. The summed E-state index contributed by atoms with van der Waals surface area (Å²) in [6.07, 6.45) is 2.50. The molecule has 0 saturated heterocycles. The summed E-state index contributed by atoms with van der Waals surface area (Å²) in [5.74, 6) is 1.60. The summed E-state index contributed by atoms with van der Waals surface area (Å²) in [7, 11) is 0. The van der Waals surface area contributed by atoms with E-state index in [2.05, 4.69) is 5.92 Å². The molecule has 0 radical (unpaired) electrons. The highest BCUT2D eigenvalue weighted by Gasteiger charge is 2.13. The van der Waals surface area contributed by atoms with Gasteiger partial charge in [0, 0.05) is 17.5 Å². The van der Waals surface area contributed by atoms with E-state index in [0.717, 1.165) is 0 Å². The molecular weight excluding hydrogens is 200 g/mol. The van der Waals surface area contributed by atoms with Gasteiger partial charge in [-0.15, -0.1) is 12.3 Å². The molecule has 1 rings (SSSR count). The first-order valence-corrected chi connectivity index (χ1v) is 4.20. The molecule has 0 aliphatic rings. The number of primary amides is 1. The van der Waals surface area contributed by atoms with Crippen LogP contribution in [0.3, 0.4) is 0 Å². The van der Waals surface area contributed by atoms with E-state index in [1.54, 1.807) is 0 Å². The molecule has 0 fully saturated rings. The van der Waals surface area contributed by atoms with Gasteiger partial charge >= 0.3 is 0 Å². The molecule has 2 nitrogen and oxygen atoms in total. The summed E-state index contributed by atoms with van der Waals surface area (Å²) in [6.45, 7) is 0. The Morgan fingerprint density at radius 3 is 2.67 bits per heavy atom. The van der Waals surface area contributed by atoms with Crippen LogP contribution in [0.15, 0.2) is 18.2 Å². The maximum absolute atomic E-state index is 12.5. The van der Waals surface area contributed by atoms with Crippen molar-refractivity contribution in [1.29, 1.82) is 0 Å². The number of hydrogen-bond donors (Lipinski definition) is 1. The minimum atomic E-state index is -2.60. The van der Waals surface area contributed by atoms with Crippen LogP contribution in [0.2, 0.25) is 0 Å². The summed E-state index contributed by atoms with van der Waals surface area (Å²) < 4.78 is 25.0. The lowest BCUT2D eigenvalue weighted by atomic mass is 10.0. The fraction of sp³-hybridized carbons (Fsp3) is 0.182. The van der Waals surface area contributed by atoms with Gasteiger partial charge in [0.05, 0.1) is 0 Å². The number of nitrogens with two attached hydrogens (primary N) is 1. The van der Waals surface area contributed by atoms with Gasteiger partial charge in [-0.2, -0.15) is 0 Å².